The highest BCUT2D eigenvalue weighted by atomic mass is 19.1. The highest BCUT2D eigenvalue weighted by Crippen LogP contribution is 2.32. The first-order valence-electron chi connectivity index (χ1n) is 6.82. The average Bonchev–Trinajstić information content (AvgIpc) is 2.51. The van der Waals surface area contributed by atoms with Crippen molar-refractivity contribution in [3.05, 3.63) is 35.4 Å². The number of nitrogens with zero attached hydrogens (tertiary/aromatic N) is 1. The van der Waals surface area contributed by atoms with Crippen molar-refractivity contribution in [2.24, 2.45) is 17.0 Å². The van der Waals surface area contributed by atoms with E-state index in [0.29, 0.717) is 25.7 Å². The molecule has 1 N–H and O–H groups in total. The highest BCUT2D eigenvalue weighted by Gasteiger charge is 2.31. The number of esters is 1. The van der Waals surface area contributed by atoms with Gasteiger partial charge < -0.3 is 9.94 Å². The van der Waals surface area contributed by atoms with E-state index in [9.17, 15) is 18.8 Å². The fraction of sp³-hybridized carbons (Fsp3) is 0.467. The van der Waals surface area contributed by atoms with Gasteiger partial charge in [-0.2, -0.15) is 0 Å². The standard InChI is InChI=1S/C15H17F2NO3/c1-21-15(19)10-4-2-9(3-5-10)14(18-20)12-8-11(16)6-7-13(12)17/h6-10,20H,2-5H2,1H3. The Morgan fingerprint density at radius 1 is 1.24 bits per heavy atom. The minimum Gasteiger partial charge on any atom is -0.469 e. The number of ether oxygens (including phenoxy) is 1. The molecular weight excluding hydrogens is 280 g/mol. The Kier molecular flexibility index (Phi) is 4.88. The van der Waals surface area contributed by atoms with Gasteiger partial charge in [-0.05, 0) is 43.9 Å². The first-order valence-corrected chi connectivity index (χ1v) is 6.82. The SMILES string of the molecule is COC(=O)C1CCC(C(=NO)c2cc(F)ccc2F)CC1. The van der Waals surface area contributed by atoms with Gasteiger partial charge in [0.25, 0.3) is 0 Å². The fourth-order valence-corrected chi connectivity index (χ4v) is 2.82. The number of halogens is 2. The second kappa shape index (κ2) is 6.65. The van der Waals surface area contributed by atoms with Gasteiger partial charge in [0.2, 0.25) is 0 Å². The summed E-state index contributed by atoms with van der Waals surface area (Å²) in [7, 11) is 1.34. The van der Waals surface area contributed by atoms with Gasteiger partial charge >= 0.3 is 5.97 Å². The third-order valence-electron chi connectivity index (χ3n) is 3.96. The maximum atomic E-state index is 13.8. The Morgan fingerprint density at radius 3 is 2.43 bits per heavy atom. The van der Waals surface area contributed by atoms with Gasteiger partial charge in [0.1, 0.15) is 11.6 Å². The molecule has 0 heterocycles. The van der Waals surface area contributed by atoms with Gasteiger partial charge in [-0.15, -0.1) is 0 Å². The largest absolute Gasteiger partial charge is 0.469 e. The zero-order chi connectivity index (χ0) is 15.4. The number of carbonyl (C=O) groups is 1. The molecule has 1 aromatic rings. The fourth-order valence-electron chi connectivity index (χ4n) is 2.82. The lowest BCUT2D eigenvalue weighted by Gasteiger charge is -2.27. The Morgan fingerprint density at radius 2 is 1.86 bits per heavy atom. The average molecular weight is 297 g/mol. The summed E-state index contributed by atoms with van der Waals surface area (Å²) in [6.07, 6.45) is 2.28. The van der Waals surface area contributed by atoms with Crippen LogP contribution in [0, 0.1) is 23.5 Å². The molecule has 0 unspecified atom stereocenters. The van der Waals surface area contributed by atoms with E-state index in [1.165, 1.54) is 7.11 Å². The third-order valence-corrected chi connectivity index (χ3v) is 3.96. The van der Waals surface area contributed by atoms with E-state index in [-0.39, 0.29) is 29.1 Å². The molecule has 2 rings (SSSR count). The van der Waals surface area contributed by atoms with Crippen LogP contribution in [0.15, 0.2) is 23.4 Å². The summed E-state index contributed by atoms with van der Waals surface area (Å²) < 4.78 is 31.8. The zero-order valence-electron chi connectivity index (χ0n) is 11.7. The van der Waals surface area contributed by atoms with Crippen LogP contribution in [0.3, 0.4) is 0 Å². The summed E-state index contributed by atoms with van der Waals surface area (Å²) >= 11 is 0. The molecule has 0 aliphatic heterocycles. The molecule has 6 heteroatoms. The molecular formula is C15H17F2NO3. The highest BCUT2D eigenvalue weighted by molar-refractivity contribution is 6.02. The molecule has 0 amide bonds. The molecule has 1 aliphatic rings. The molecule has 0 spiro atoms. The molecule has 0 radical (unpaired) electrons. The molecule has 1 fully saturated rings. The summed E-state index contributed by atoms with van der Waals surface area (Å²) in [5.74, 6) is -1.85. The van der Waals surface area contributed by atoms with Gasteiger partial charge in [0.05, 0.1) is 18.7 Å². The Bertz CT molecular complexity index is 552. The number of hydrogen-bond acceptors (Lipinski definition) is 4. The van der Waals surface area contributed by atoms with Gasteiger partial charge in [-0.1, -0.05) is 5.16 Å². The van der Waals surface area contributed by atoms with Crippen LogP contribution in [0.1, 0.15) is 31.2 Å². The number of hydrogen-bond donors (Lipinski definition) is 1. The van der Waals surface area contributed by atoms with Gasteiger partial charge in [0, 0.05) is 11.5 Å². The molecule has 114 valence electrons. The summed E-state index contributed by atoms with van der Waals surface area (Å²) in [4.78, 5) is 11.5. The van der Waals surface area contributed by atoms with E-state index in [2.05, 4.69) is 5.16 Å². The van der Waals surface area contributed by atoms with Crippen molar-refractivity contribution >= 4 is 11.7 Å². The first-order chi connectivity index (χ1) is 10.1. The van der Waals surface area contributed by atoms with Crippen LogP contribution in [-0.2, 0) is 9.53 Å². The molecule has 21 heavy (non-hydrogen) atoms. The predicted molar refractivity (Wildman–Crippen MR) is 72.1 cm³/mol. The normalized spacial score (nSPS) is 22.9. The van der Waals surface area contributed by atoms with Crippen molar-refractivity contribution in [1.82, 2.24) is 0 Å². The summed E-state index contributed by atoms with van der Waals surface area (Å²) in [5, 5.41) is 12.3. The summed E-state index contributed by atoms with van der Waals surface area (Å²) in [6.45, 7) is 0. The van der Waals surface area contributed by atoms with E-state index in [4.69, 9.17) is 4.74 Å². The van der Waals surface area contributed by atoms with Crippen molar-refractivity contribution in [2.75, 3.05) is 7.11 Å². The minimum atomic E-state index is -0.626. The monoisotopic (exact) mass is 297 g/mol. The van der Waals surface area contributed by atoms with Crippen LogP contribution in [-0.4, -0.2) is 24.0 Å². The molecule has 0 atom stereocenters. The Hall–Kier alpha value is -1.98. The molecule has 1 aromatic carbocycles. The minimum absolute atomic E-state index is 0.0287. The Labute approximate surface area is 121 Å². The van der Waals surface area contributed by atoms with Crippen LogP contribution in [0.25, 0.3) is 0 Å². The molecule has 0 aromatic heterocycles. The van der Waals surface area contributed by atoms with E-state index in [1.54, 1.807) is 0 Å². The molecule has 1 saturated carbocycles. The number of rotatable bonds is 3. The smallest absolute Gasteiger partial charge is 0.308 e. The van der Waals surface area contributed by atoms with Crippen LogP contribution in [0.2, 0.25) is 0 Å². The first kappa shape index (κ1) is 15.4. The van der Waals surface area contributed by atoms with Gasteiger partial charge in [-0.3, -0.25) is 4.79 Å². The maximum absolute atomic E-state index is 13.8. The topological polar surface area (TPSA) is 58.9 Å². The van der Waals surface area contributed by atoms with Crippen LogP contribution < -0.4 is 0 Å². The quantitative estimate of drug-likeness (QED) is 0.403. The van der Waals surface area contributed by atoms with E-state index >= 15 is 0 Å². The molecule has 0 saturated heterocycles. The number of carbonyl (C=O) groups excluding carboxylic acids is 1. The van der Waals surface area contributed by atoms with Crippen LogP contribution >= 0.6 is 0 Å². The van der Waals surface area contributed by atoms with Crippen molar-refractivity contribution in [2.45, 2.75) is 25.7 Å². The maximum Gasteiger partial charge on any atom is 0.308 e. The van der Waals surface area contributed by atoms with Crippen LogP contribution in [0.4, 0.5) is 8.78 Å². The van der Waals surface area contributed by atoms with Gasteiger partial charge in [0.15, 0.2) is 0 Å². The molecule has 1 aliphatic carbocycles. The van der Waals surface area contributed by atoms with Crippen molar-refractivity contribution < 1.29 is 23.5 Å². The van der Waals surface area contributed by atoms with Gasteiger partial charge in [-0.25, -0.2) is 8.78 Å². The van der Waals surface area contributed by atoms with E-state index < -0.39 is 11.6 Å². The molecule has 0 bridgehead atoms. The lowest BCUT2D eigenvalue weighted by molar-refractivity contribution is -0.146. The second-order valence-corrected chi connectivity index (χ2v) is 5.18. The lowest BCUT2D eigenvalue weighted by atomic mass is 9.78. The second-order valence-electron chi connectivity index (χ2n) is 5.18. The predicted octanol–water partition coefficient (Wildman–Crippen LogP) is 3.12. The van der Waals surface area contributed by atoms with Crippen molar-refractivity contribution in [1.29, 1.82) is 0 Å². The molecule has 4 nitrogen and oxygen atoms in total. The van der Waals surface area contributed by atoms with E-state index in [0.717, 1.165) is 18.2 Å². The van der Waals surface area contributed by atoms with Crippen molar-refractivity contribution in [3.8, 4) is 0 Å². The van der Waals surface area contributed by atoms with Crippen LogP contribution in [0.5, 0.6) is 0 Å². The van der Waals surface area contributed by atoms with Crippen molar-refractivity contribution in [3.63, 3.8) is 0 Å². The number of oxime groups is 1. The number of benzene rings is 1. The Balaban J connectivity index is 2.14. The lowest BCUT2D eigenvalue weighted by Crippen LogP contribution is -2.27. The third kappa shape index (κ3) is 3.37. The summed E-state index contributed by atoms with van der Waals surface area (Å²) in [6, 6.07) is 3.05. The zero-order valence-corrected chi connectivity index (χ0v) is 11.7. The number of methoxy groups -OCH3 is 1. The summed E-state index contributed by atoms with van der Waals surface area (Å²) in [5.41, 5.74) is 0.106. The van der Waals surface area contributed by atoms with E-state index in [1.807, 2.05) is 0 Å².